The Morgan fingerprint density at radius 1 is 1.05 bits per heavy atom. The van der Waals surface area contributed by atoms with Crippen molar-refractivity contribution in [3.05, 3.63) is 33.1 Å². The summed E-state index contributed by atoms with van der Waals surface area (Å²) in [5, 5.41) is -0.317. The van der Waals surface area contributed by atoms with E-state index in [0.717, 1.165) is 0 Å². The van der Waals surface area contributed by atoms with Crippen molar-refractivity contribution in [2.24, 2.45) is 0 Å². The van der Waals surface area contributed by atoms with Gasteiger partial charge in [-0.15, -0.1) is 0 Å². The zero-order valence-electron chi connectivity index (χ0n) is 24.0. The zero-order valence-corrected chi connectivity index (χ0v) is 26.9. The Kier molecular flexibility index (Phi) is 9.87. The van der Waals surface area contributed by atoms with Gasteiger partial charge in [0.05, 0.1) is 13.2 Å². The Hall–Kier alpha value is -0.896. The highest BCUT2D eigenvalue weighted by Gasteiger charge is 2.54. The molecule has 0 amide bonds. The van der Waals surface area contributed by atoms with E-state index in [4.69, 9.17) is 22.6 Å². The molecule has 1 aromatic rings. The van der Waals surface area contributed by atoms with Crippen LogP contribution in [0.1, 0.15) is 54.7 Å². The van der Waals surface area contributed by atoms with Crippen LogP contribution in [0.5, 0.6) is 0 Å². The second kappa shape index (κ2) is 11.3. The number of H-pyrrole nitrogens is 1. The molecule has 214 valence electrons. The van der Waals surface area contributed by atoms with Crippen LogP contribution < -0.4 is 11.2 Å². The van der Waals surface area contributed by atoms with Gasteiger partial charge in [-0.05, 0) is 43.2 Å². The molecule has 1 saturated heterocycles. The zero-order chi connectivity index (χ0) is 28.6. The Morgan fingerprint density at radius 3 is 2.11 bits per heavy atom. The highest BCUT2D eigenvalue weighted by atomic mass is 31.2. The number of hydrogen-bond acceptors (Lipinski definition) is 8. The molecule has 0 bridgehead atoms. The average molecular weight is 581 g/mol. The number of nitrogens with one attached hydrogen (secondary N) is 1. The van der Waals surface area contributed by atoms with Crippen LogP contribution in [0.15, 0.2) is 21.9 Å². The lowest BCUT2D eigenvalue weighted by Crippen LogP contribution is -2.50. The number of aromatic amines is 1. The number of ether oxygens (including phenoxy) is 1. The number of aromatic nitrogens is 2. The molecule has 1 fully saturated rings. The lowest BCUT2D eigenvalue weighted by Gasteiger charge is -2.41. The van der Waals surface area contributed by atoms with Crippen molar-refractivity contribution in [3.63, 3.8) is 0 Å². The summed E-state index contributed by atoms with van der Waals surface area (Å²) >= 11 is 0. The smallest absolute Gasteiger partial charge is 0.414 e. The standard InChI is InChI=1S/C23H45N2O9PSi2/c1-12-30-35(28,29)33-18-16(15-31-36(8,9)22(2,3)4)32-20(25-14-13-17(26)24-21(25)27)19(18)34-37(10,11)23(5,6)7/h13-14,16,18-20H,12,15H2,1-11H3,(H,28,29)(H,24,26,27)/t16-,18-,19-,20-/m1/s1. The van der Waals surface area contributed by atoms with Crippen LogP contribution in [0.25, 0.3) is 0 Å². The lowest BCUT2D eigenvalue weighted by molar-refractivity contribution is -0.0515. The van der Waals surface area contributed by atoms with Gasteiger partial charge in [0.15, 0.2) is 22.9 Å². The van der Waals surface area contributed by atoms with Crippen molar-refractivity contribution in [3.8, 4) is 0 Å². The molecule has 11 nitrogen and oxygen atoms in total. The highest BCUT2D eigenvalue weighted by Crippen LogP contribution is 2.50. The predicted octanol–water partition coefficient (Wildman–Crippen LogP) is 4.37. The number of nitrogens with zero attached hydrogens (tertiary/aromatic N) is 1. The van der Waals surface area contributed by atoms with E-state index in [2.05, 4.69) is 59.6 Å². The molecule has 2 rings (SSSR count). The molecule has 2 heterocycles. The van der Waals surface area contributed by atoms with Gasteiger partial charge in [-0.25, -0.2) is 9.36 Å². The fourth-order valence-corrected chi connectivity index (χ4v) is 6.57. The van der Waals surface area contributed by atoms with E-state index in [1.165, 1.54) is 16.8 Å². The average Bonchev–Trinajstić information content (AvgIpc) is 3.00. The van der Waals surface area contributed by atoms with Crippen molar-refractivity contribution in [2.75, 3.05) is 13.2 Å². The number of phosphoric ester groups is 1. The summed E-state index contributed by atoms with van der Waals surface area (Å²) in [6.45, 7) is 22.3. The Bertz CT molecular complexity index is 1090. The van der Waals surface area contributed by atoms with Gasteiger partial charge < -0.3 is 18.5 Å². The lowest BCUT2D eigenvalue weighted by atomic mass is 10.1. The van der Waals surface area contributed by atoms with E-state index in [-0.39, 0.29) is 23.3 Å². The van der Waals surface area contributed by atoms with Crippen LogP contribution in [-0.4, -0.2) is 62.6 Å². The van der Waals surface area contributed by atoms with Crippen molar-refractivity contribution in [1.29, 1.82) is 0 Å². The second-order valence-electron chi connectivity index (χ2n) is 12.5. The van der Waals surface area contributed by atoms with Gasteiger partial charge in [0.25, 0.3) is 5.56 Å². The van der Waals surface area contributed by atoms with E-state index >= 15 is 0 Å². The van der Waals surface area contributed by atoms with Gasteiger partial charge in [-0.1, -0.05) is 41.5 Å². The van der Waals surface area contributed by atoms with Crippen LogP contribution in [-0.2, 0) is 27.2 Å². The Balaban J connectivity index is 2.60. The molecule has 0 radical (unpaired) electrons. The maximum Gasteiger partial charge on any atom is 0.472 e. The first-order valence-corrected chi connectivity index (χ1v) is 19.9. The van der Waals surface area contributed by atoms with E-state index in [1.807, 2.05) is 13.1 Å². The Labute approximate surface area is 221 Å². The molecule has 0 aliphatic carbocycles. The van der Waals surface area contributed by atoms with Crippen molar-refractivity contribution in [2.45, 2.75) is 109 Å². The van der Waals surface area contributed by atoms with Gasteiger partial charge in [0.1, 0.15) is 18.3 Å². The molecule has 1 aliphatic rings. The first kappa shape index (κ1) is 32.3. The molecule has 37 heavy (non-hydrogen) atoms. The van der Waals surface area contributed by atoms with E-state index in [0.29, 0.717) is 0 Å². The molecular formula is C23H45N2O9PSi2. The third-order valence-electron chi connectivity index (χ3n) is 7.61. The summed E-state index contributed by atoms with van der Waals surface area (Å²) in [4.78, 5) is 37.2. The van der Waals surface area contributed by atoms with Crippen LogP contribution in [0, 0.1) is 0 Å². The fourth-order valence-electron chi connectivity index (χ4n) is 3.32. The largest absolute Gasteiger partial charge is 0.472 e. The molecule has 0 saturated carbocycles. The van der Waals surface area contributed by atoms with Gasteiger partial charge in [-0.2, -0.15) is 0 Å². The number of phosphoric acid groups is 1. The van der Waals surface area contributed by atoms with Gasteiger partial charge >= 0.3 is 13.5 Å². The summed E-state index contributed by atoms with van der Waals surface area (Å²) in [6.07, 6.45) is -2.63. The van der Waals surface area contributed by atoms with E-state index < -0.39 is 60.2 Å². The minimum atomic E-state index is -4.49. The van der Waals surface area contributed by atoms with Gasteiger partial charge in [0, 0.05) is 12.3 Å². The van der Waals surface area contributed by atoms with E-state index in [9.17, 15) is 19.0 Å². The first-order valence-electron chi connectivity index (χ1n) is 12.6. The van der Waals surface area contributed by atoms with Crippen LogP contribution in [0.2, 0.25) is 36.3 Å². The van der Waals surface area contributed by atoms with Crippen LogP contribution in [0.3, 0.4) is 0 Å². The normalized spacial score (nSPS) is 25.3. The molecule has 0 aromatic carbocycles. The maximum absolute atomic E-state index is 12.8. The van der Waals surface area contributed by atoms with Gasteiger partial charge in [0.2, 0.25) is 0 Å². The summed E-state index contributed by atoms with van der Waals surface area (Å²) in [7, 11) is -9.25. The molecule has 0 spiro atoms. The SMILES string of the molecule is CCOP(=O)(O)O[C@H]1[C@@H](O[Si](C)(C)C(C)(C)C)[C@H](n2ccc(=O)[nH]c2=O)O[C@@H]1CO[Si](C)(C)C(C)(C)C. The minimum absolute atomic E-state index is 0.0386. The third-order valence-corrected chi connectivity index (χ3v) is 17.7. The van der Waals surface area contributed by atoms with Crippen LogP contribution >= 0.6 is 7.82 Å². The van der Waals surface area contributed by atoms with E-state index in [1.54, 1.807) is 6.92 Å². The second-order valence-corrected chi connectivity index (χ2v) is 23.4. The first-order chi connectivity index (χ1) is 16.6. The molecule has 1 aromatic heterocycles. The predicted molar refractivity (Wildman–Crippen MR) is 147 cm³/mol. The van der Waals surface area contributed by atoms with Crippen LogP contribution in [0.4, 0.5) is 0 Å². The molecule has 1 unspecified atom stereocenters. The number of rotatable bonds is 10. The number of hydrogen-bond donors (Lipinski definition) is 2. The fraction of sp³-hybridized carbons (Fsp3) is 0.826. The van der Waals surface area contributed by atoms with Crippen molar-refractivity contribution < 1.29 is 32.1 Å². The molecular weight excluding hydrogens is 535 g/mol. The topological polar surface area (TPSA) is 138 Å². The molecule has 2 N–H and O–H groups in total. The van der Waals surface area contributed by atoms with Crippen molar-refractivity contribution in [1.82, 2.24) is 9.55 Å². The summed E-state index contributed by atoms with van der Waals surface area (Å²) in [5.74, 6) is 0. The molecule has 1 aliphatic heterocycles. The Morgan fingerprint density at radius 2 is 1.62 bits per heavy atom. The molecule has 14 heteroatoms. The maximum atomic E-state index is 12.8. The highest BCUT2D eigenvalue weighted by molar-refractivity contribution is 7.47. The minimum Gasteiger partial charge on any atom is -0.414 e. The third kappa shape index (κ3) is 7.83. The quantitative estimate of drug-likeness (QED) is 0.305. The monoisotopic (exact) mass is 580 g/mol. The van der Waals surface area contributed by atoms with Gasteiger partial charge in [-0.3, -0.25) is 23.4 Å². The summed E-state index contributed by atoms with van der Waals surface area (Å²) in [6, 6.07) is 1.21. The summed E-state index contributed by atoms with van der Waals surface area (Å²) < 4.78 is 44.1. The molecule has 5 atom stereocenters. The summed E-state index contributed by atoms with van der Waals surface area (Å²) in [5.41, 5.74) is -1.24. The van der Waals surface area contributed by atoms with Crippen molar-refractivity contribution >= 4 is 24.5 Å².